The van der Waals surface area contributed by atoms with Crippen LogP contribution in [0.1, 0.15) is 44.5 Å². The van der Waals surface area contributed by atoms with E-state index >= 15 is 0 Å². The van der Waals surface area contributed by atoms with E-state index in [1.165, 1.54) is 66.8 Å². The van der Waals surface area contributed by atoms with Crippen molar-refractivity contribution in [3.63, 3.8) is 0 Å². The number of anilines is 6. The molecule has 0 atom stereocenters. The van der Waals surface area contributed by atoms with Crippen molar-refractivity contribution >= 4 is 90.6 Å². The van der Waals surface area contributed by atoms with Crippen LogP contribution in [-0.4, -0.2) is 22.3 Å². The van der Waals surface area contributed by atoms with Gasteiger partial charge < -0.3 is 33.8 Å². The molecule has 0 fully saturated rings. The third-order valence-corrected chi connectivity index (χ3v) is 25.9. The van der Waals surface area contributed by atoms with Crippen molar-refractivity contribution in [1.82, 2.24) is 0 Å². The number of aromatic hydroxyl groups is 1. The van der Waals surface area contributed by atoms with Crippen molar-refractivity contribution in [2.24, 2.45) is 0 Å². The molecule has 8 heteroatoms. The van der Waals surface area contributed by atoms with Crippen LogP contribution in [0.5, 0.6) is 5.75 Å². The van der Waals surface area contributed by atoms with Gasteiger partial charge in [-0.2, -0.15) is 0 Å². The molecule has 22 aromatic rings. The number of phenolic OH excluding ortho intramolecular Hbond substituents is 1. The fourth-order valence-corrected chi connectivity index (χ4v) is 20.2. The molecule has 0 aliphatic heterocycles. The average molecular weight is 1670 g/mol. The first-order valence-electron chi connectivity index (χ1n) is 44.1. The summed E-state index contributed by atoms with van der Waals surface area (Å²) in [6.45, 7) is 0. The maximum Gasteiger partial charge on any atom is 0.492 e. The van der Waals surface area contributed by atoms with Crippen LogP contribution in [0.15, 0.2) is 506 Å². The van der Waals surface area contributed by atoms with Gasteiger partial charge >= 0.3 is 7.12 Å². The molecule has 20 aromatic carbocycles. The van der Waals surface area contributed by atoms with E-state index in [-0.39, 0.29) is 5.75 Å². The minimum Gasteiger partial charge on any atom is -0.507 e. The molecule has 0 saturated heterocycles. The fraction of sp³-hybridized carbons (Fsp3) is 0.0164. The molecule has 0 radical (unpaired) electrons. The molecule has 0 unspecified atom stereocenters. The molecule has 0 bridgehead atoms. The Morgan fingerprint density at radius 2 is 0.500 bits per heavy atom. The van der Waals surface area contributed by atoms with E-state index in [1.54, 1.807) is 12.1 Å². The summed E-state index contributed by atoms with van der Waals surface area (Å²) in [4.78, 5) is 4.83. The van der Waals surface area contributed by atoms with Crippen LogP contribution in [-0.2, 0) is 10.8 Å². The Hall–Kier alpha value is -16.6. The van der Waals surface area contributed by atoms with Gasteiger partial charge in [0.25, 0.3) is 0 Å². The summed E-state index contributed by atoms with van der Waals surface area (Å²) < 4.78 is 12.4. The molecule has 0 amide bonds. The van der Waals surface area contributed by atoms with Crippen molar-refractivity contribution in [1.29, 1.82) is 0 Å². The SMILES string of the molecule is OB(O)c1cccc2c1oc1ccccc12.Oc1ccc(N(c2ccc(-c3ccccc3)cc2)c2ccc(-c3ccccc3)cc2)c2c1-c1ccccc1C2(c1ccccc1)c1ccccc1.c1ccc(-c2ccc(N(c3ccc(-c4ccccc4)cc3)c3ccc(-c4cccc5c4oc4ccccc45)c4c3C(c3ccccc3)(c3ccccc3)c3ccccc3-4)cc2)cc1. The predicted molar refractivity (Wildman–Crippen MR) is 537 cm³/mol. The summed E-state index contributed by atoms with van der Waals surface area (Å²) in [5.41, 5.74) is 33.7. The number of benzene rings is 20. The molecule has 7 nitrogen and oxygen atoms in total. The van der Waals surface area contributed by atoms with Gasteiger partial charge in [-0.1, -0.05) is 419 Å². The molecule has 130 heavy (non-hydrogen) atoms. The van der Waals surface area contributed by atoms with Crippen LogP contribution in [0, 0.1) is 0 Å². The molecule has 2 heterocycles. The second-order valence-electron chi connectivity index (χ2n) is 33.1. The van der Waals surface area contributed by atoms with Crippen molar-refractivity contribution in [3.05, 3.63) is 542 Å². The fourth-order valence-electron chi connectivity index (χ4n) is 20.2. The van der Waals surface area contributed by atoms with Gasteiger partial charge in [-0.15, -0.1) is 0 Å². The number of nitrogens with zero attached hydrogens (tertiary/aromatic N) is 2. The van der Waals surface area contributed by atoms with E-state index in [0.29, 0.717) is 11.0 Å². The number of fused-ring (bicyclic) bond motifs is 12. The lowest BCUT2D eigenvalue weighted by atomic mass is 9.67. The number of hydrogen-bond acceptors (Lipinski definition) is 7. The van der Waals surface area contributed by atoms with Crippen LogP contribution >= 0.6 is 0 Å². The molecule has 3 N–H and O–H groups in total. The predicted octanol–water partition coefficient (Wildman–Crippen LogP) is 30.2. The summed E-state index contributed by atoms with van der Waals surface area (Å²) in [6.07, 6.45) is 0. The minimum absolute atomic E-state index is 0.272. The minimum atomic E-state index is -1.51. The monoisotopic (exact) mass is 1670 g/mol. The quantitative estimate of drug-likeness (QED) is 0.0830. The Labute approximate surface area is 755 Å². The number of hydrogen-bond donors (Lipinski definition) is 3. The Morgan fingerprint density at radius 3 is 0.885 bits per heavy atom. The lowest BCUT2D eigenvalue weighted by Gasteiger charge is -2.38. The Kier molecular flexibility index (Phi) is 20.8. The zero-order valence-corrected chi connectivity index (χ0v) is 71.0. The van der Waals surface area contributed by atoms with Gasteiger partial charge in [0, 0.05) is 72.0 Å². The molecular weight excluding hydrogens is 1580 g/mol. The molecular formula is C122H85BN2O5. The van der Waals surface area contributed by atoms with Crippen molar-refractivity contribution in [3.8, 4) is 83.6 Å². The first-order valence-corrected chi connectivity index (χ1v) is 44.1. The normalized spacial score (nSPS) is 12.4. The molecule has 24 rings (SSSR count). The van der Waals surface area contributed by atoms with Crippen LogP contribution in [0.4, 0.5) is 34.1 Å². The molecule has 616 valence electrons. The van der Waals surface area contributed by atoms with Gasteiger partial charge in [0.1, 0.15) is 28.1 Å². The summed E-state index contributed by atoms with van der Waals surface area (Å²) in [5.74, 6) is 0.272. The van der Waals surface area contributed by atoms with E-state index in [4.69, 9.17) is 8.83 Å². The Morgan fingerprint density at radius 1 is 0.215 bits per heavy atom. The highest BCUT2D eigenvalue weighted by atomic mass is 16.4. The summed E-state index contributed by atoms with van der Waals surface area (Å²) >= 11 is 0. The van der Waals surface area contributed by atoms with Gasteiger partial charge in [0.15, 0.2) is 0 Å². The van der Waals surface area contributed by atoms with Gasteiger partial charge in [0.2, 0.25) is 0 Å². The van der Waals surface area contributed by atoms with E-state index < -0.39 is 17.9 Å². The van der Waals surface area contributed by atoms with Crippen molar-refractivity contribution in [2.75, 3.05) is 9.80 Å². The van der Waals surface area contributed by atoms with Crippen molar-refractivity contribution in [2.45, 2.75) is 10.8 Å². The van der Waals surface area contributed by atoms with Crippen molar-refractivity contribution < 1.29 is 24.0 Å². The smallest absolute Gasteiger partial charge is 0.492 e. The summed E-state index contributed by atoms with van der Waals surface area (Å²) in [6, 6.07) is 176. The topological polar surface area (TPSA) is 93.4 Å². The highest BCUT2D eigenvalue weighted by Gasteiger charge is 2.52. The molecule has 2 aliphatic carbocycles. The third kappa shape index (κ3) is 13.8. The third-order valence-electron chi connectivity index (χ3n) is 25.9. The molecule has 0 spiro atoms. The summed E-state index contributed by atoms with van der Waals surface area (Å²) in [7, 11) is -1.51. The molecule has 2 aliphatic rings. The van der Waals surface area contributed by atoms with E-state index in [0.717, 1.165) is 128 Å². The zero-order valence-electron chi connectivity index (χ0n) is 71.0. The lowest BCUT2D eigenvalue weighted by Crippen LogP contribution is -2.30. The number of furan rings is 2. The average Bonchev–Trinajstić information content (AvgIpc) is 1.51. The van der Waals surface area contributed by atoms with Crippen LogP contribution in [0.25, 0.3) is 122 Å². The highest BCUT2D eigenvalue weighted by molar-refractivity contribution is 6.61. The van der Waals surface area contributed by atoms with E-state index in [2.05, 4.69) is 447 Å². The van der Waals surface area contributed by atoms with Crippen LogP contribution in [0.3, 0.4) is 0 Å². The van der Waals surface area contributed by atoms with Gasteiger partial charge in [-0.05, 0) is 179 Å². The molecule has 0 saturated carbocycles. The molecule has 2 aromatic heterocycles. The van der Waals surface area contributed by atoms with Crippen LogP contribution in [0.2, 0.25) is 0 Å². The lowest BCUT2D eigenvalue weighted by molar-refractivity contribution is 0.425. The van der Waals surface area contributed by atoms with Gasteiger partial charge in [-0.3, -0.25) is 0 Å². The second-order valence-corrected chi connectivity index (χ2v) is 33.1. The first kappa shape index (κ1) is 79.3. The maximum absolute atomic E-state index is 11.9. The Balaban J connectivity index is 0.000000132. The number of para-hydroxylation sites is 4. The Bertz CT molecular complexity index is 7590. The highest BCUT2D eigenvalue weighted by Crippen LogP contribution is 2.65. The maximum atomic E-state index is 11.9. The van der Waals surface area contributed by atoms with Gasteiger partial charge in [-0.25, -0.2) is 0 Å². The zero-order chi connectivity index (χ0) is 87.1. The van der Waals surface area contributed by atoms with E-state index in [9.17, 15) is 15.2 Å². The van der Waals surface area contributed by atoms with Crippen LogP contribution < -0.4 is 15.3 Å². The first-order chi connectivity index (χ1) is 64.3. The van der Waals surface area contributed by atoms with Gasteiger partial charge in [0.05, 0.1) is 22.2 Å². The number of rotatable bonds is 16. The summed E-state index contributed by atoms with van der Waals surface area (Å²) in [5, 5.41) is 34.5. The largest absolute Gasteiger partial charge is 0.507 e. The number of phenols is 1. The second kappa shape index (κ2) is 34.0. The van der Waals surface area contributed by atoms with E-state index in [1.807, 2.05) is 48.5 Å². The standard InChI is InChI=1S/C61H41NO.C49H35NO.C12H9BO3/c1-5-18-42(19-6-1)44-32-36-48(37-33-44)62(49-38-34-45(35-39-49)43-20-7-2-8-21-43)56-41-40-51(53-29-17-28-52-50-26-14-16-31-57(50)63-60(52)53)58-54-27-13-15-30-55(54)61(59(56)58,46-22-9-3-10-23-46)47-24-11-4-12-25-47;51-46-34-33-45(48-47(46)43-23-13-14-24-44(43)49(48,39-19-9-3-10-20-39)40-21-11-4-12-22-40)50(41-29-25-37(26-30-41)35-15-5-1-6-16-35)42-31-27-38(28-32-42)36-17-7-2-8-18-36;14-13(15)10-6-3-5-9-8-4-1-2-7-11(8)16-12(9)10/h1-41H;1-34,51H;1-7,14-15H.